The Kier molecular flexibility index (Phi) is 101. The van der Waals surface area contributed by atoms with Crippen LogP contribution in [0, 0.1) is 355 Å². The molecule has 1 saturated heterocycles. The van der Waals surface area contributed by atoms with E-state index in [9.17, 15) is 0 Å². The molecule has 2 aromatic rings. The summed E-state index contributed by atoms with van der Waals surface area (Å²) in [5.74, 6) is 146. The smallest absolute Gasteiger partial charge is 0.381 e. The summed E-state index contributed by atoms with van der Waals surface area (Å²) >= 11 is 1.90. The number of halogens is 1. The van der Waals surface area contributed by atoms with Gasteiger partial charge in [-0.3, -0.25) is 4.93 Å². The van der Waals surface area contributed by atoms with E-state index >= 15 is 0 Å². The van der Waals surface area contributed by atoms with Gasteiger partial charge >= 0.3 is 23.1 Å². The third-order valence-corrected chi connectivity index (χ3v) is 10.5. The topological polar surface area (TPSA) is 9.23 Å². The first-order valence-electron chi connectivity index (χ1n) is 26.5. The molecule has 99 heavy (non-hydrogen) atoms. The van der Waals surface area contributed by atoms with Crippen molar-refractivity contribution in [1.82, 2.24) is 0 Å². The zero-order valence-corrected chi connectivity index (χ0v) is 64.0. The largest absolute Gasteiger partial charge is 2.00 e. The number of benzene rings is 2. The summed E-state index contributed by atoms with van der Waals surface area (Å²) in [4.78, 5) is 3.22. The molecule has 0 atom stereocenters. The van der Waals surface area contributed by atoms with E-state index in [4.69, 9.17) is 4.74 Å². The van der Waals surface area contributed by atoms with Gasteiger partial charge in [0.15, 0.2) is 0 Å². The molecule has 2 aliphatic carbocycles. The van der Waals surface area contributed by atoms with Crippen LogP contribution in [0.1, 0.15) is 100 Å². The van der Waals surface area contributed by atoms with Gasteiger partial charge in [0.05, 0.1) is 0 Å². The summed E-state index contributed by atoms with van der Waals surface area (Å²) < 4.78 is 4.94. The second kappa shape index (κ2) is 90.1. The molecule has 0 amide bonds. The van der Waals surface area contributed by atoms with E-state index in [-0.39, 0.29) is 151 Å². The average molecular weight is 1580 g/mol. The van der Waals surface area contributed by atoms with Gasteiger partial charge in [0.1, 0.15) is 0 Å². The fourth-order valence-electron chi connectivity index (χ4n) is 5.49. The number of aryl methyl sites for hydroxylation is 4. The Hall–Kier alpha value is -9.96. The molecule has 0 saturated carbocycles. The Morgan fingerprint density at radius 3 is 0.495 bits per heavy atom. The fraction of sp³-hybridized carbons (Fsp3) is 0.239. The van der Waals surface area contributed by atoms with Crippen molar-refractivity contribution in [3.05, 3.63) is 58.0 Å². The van der Waals surface area contributed by atoms with Gasteiger partial charge in [0, 0.05) is 324 Å². The van der Waals surface area contributed by atoms with E-state index < -0.39 is 0 Å². The van der Waals surface area contributed by atoms with E-state index in [0.29, 0.717) is 0 Å². The van der Waals surface area contributed by atoms with Gasteiger partial charge in [-0.25, -0.2) is 0 Å². The van der Waals surface area contributed by atoms with E-state index in [0.717, 1.165) is 13.2 Å². The number of ether oxygens (including phenoxy) is 1. The van der Waals surface area contributed by atoms with Crippen molar-refractivity contribution in [2.75, 3.05) is 13.2 Å². The van der Waals surface area contributed by atoms with Crippen LogP contribution in [0.2, 0.25) is 32.2 Å². The van der Waals surface area contributed by atoms with Crippen LogP contribution in [0.3, 0.4) is 0 Å². The van der Waals surface area contributed by atoms with E-state index in [2.05, 4.69) is 412 Å². The van der Waals surface area contributed by atoms with Crippen molar-refractivity contribution in [2.45, 2.75) is 136 Å². The Morgan fingerprint density at radius 1 is 0.303 bits per heavy atom. The summed E-state index contributed by atoms with van der Waals surface area (Å²) in [6.45, 7) is 20.3. The molecule has 5 rings (SSSR count). The minimum atomic E-state index is -0.130. The van der Waals surface area contributed by atoms with Crippen LogP contribution < -0.4 is 0 Å². The summed E-state index contributed by atoms with van der Waals surface area (Å²) in [5.41, 5.74) is 6.34. The van der Waals surface area contributed by atoms with Crippen LogP contribution in [-0.4, -0.2) is 53.9 Å². The van der Waals surface area contributed by atoms with Crippen LogP contribution in [0.4, 0.5) is 0 Å². The molecule has 1 aliphatic heterocycles. The van der Waals surface area contributed by atoms with Crippen molar-refractivity contribution < 1.29 is 70.2 Å². The molecule has 0 aromatic heterocycles. The zero-order chi connectivity index (χ0) is 65.5. The molecule has 2 aromatic carbocycles. The second-order valence-corrected chi connectivity index (χ2v) is 21.6. The molecule has 1 heterocycles. The summed E-state index contributed by atoms with van der Waals surface area (Å²) in [6, 6.07) is 10.8. The quantitative estimate of drug-likeness (QED) is 0.120. The van der Waals surface area contributed by atoms with Gasteiger partial charge in [-0.15, -0.1) is 8.80 Å². The van der Waals surface area contributed by atoms with E-state index in [1.165, 1.54) is 44.6 Å². The average Bonchev–Trinajstić information content (AvgIpc) is 1.61. The molecule has 0 bridgehead atoms. The standard InChI is InChI=1S/C60H6.C14H12.C4H8O.C4H11Si.C3H8Si.CH2I.6CH4.Mg.2Y/c1-3-5-7-9-11-13-15-17-19-21-23-25-27-29-31-33-35-37-39-41-43-45-47-49-51-53-55-57-59-60-58-56-54-52-50-48-46-44-42-40-38-36-34-32-30-28-26-24-22-20-18-16-14-12-10-8-6-4-2;1-2-10-7-8-12-4-3-11-6-5-9(1)13(10)14(11)12;1-2-4-5-3-1;1-4-5(2)3;1-4(2)3;1-2;;;;;;;;;/h1-2H3;5-8H,1-4H2;1-4H2;4H2,1-3H3;1H2,2-3H3;1H2;6*1H4;;;/q;;;;2*-1;;;;;;;+2;;. The summed E-state index contributed by atoms with van der Waals surface area (Å²) in [6.07, 6.45) is 7.59. The maximum Gasteiger partial charge on any atom is 2.00 e. The van der Waals surface area contributed by atoms with Gasteiger partial charge in [-0.1, -0.05) is 120 Å². The Bertz CT molecular complexity index is 4640. The normalized spacial score (nSPS) is 6.91. The first-order chi connectivity index (χ1) is 44.3. The second-order valence-electron chi connectivity index (χ2n) is 16.1. The van der Waals surface area contributed by atoms with Gasteiger partial charge in [-0.2, -0.15) is 0 Å². The monoisotopic (exact) mass is 1580 g/mol. The van der Waals surface area contributed by atoms with Crippen LogP contribution >= 0.6 is 22.6 Å². The van der Waals surface area contributed by atoms with E-state index in [1.807, 2.05) is 22.6 Å². The number of hydrogen-bond acceptors (Lipinski definition) is 1. The van der Waals surface area contributed by atoms with Crippen LogP contribution in [0.15, 0.2) is 24.3 Å². The van der Waals surface area contributed by atoms with Crippen LogP contribution in [-0.2, 0) is 95.8 Å². The molecule has 4 radical (unpaired) electrons. The van der Waals surface area contributed by atoms with Crippen LogP contribution in [0.5, 0.6) is 0 Å². The third-order valence-electron chi connectivity index (χ3n) is 9.06. The minimum Gasteiger partial charge on any atom is -0.381 e. The molecule has 1 nitrogen and oxygen atoms in total. The SMILES string of the molecule is C.C.C.C.C.C.C1CCOC1.CC#CC#CC#CC#CC#CC#CC#CC#CC#CC#CC#CC#CC#CC#CC#CC#CC#CC#CC#CC#CC#CC#CC#CC#CC#CC#CC#CC#CC#CC.CC[Si](C)C.[CH2-]I.[CH2-][Si](C)C.[Mg+2].[Y].[Y].c1cc2c3c(ccc4c3c1CC4)CC2. The fourth-order valence-corrected chi connectivity index (χ4v) is 5.49. The molecular weight excluding hydrogens is 1510 g/mol. The molecule has 0 N–H and O–H groups in total. The number of rotatable bonds is 1. The first-order valence-corrected chi connectivity index (χ1v) is 33.4. The predicted octanol–water partition coefficient (Wildman–Crippen LogP) is 12.5. The molecule has 0 unspecified atom stereocenters. The summed E-state index contributed by atoms with van der Waals surface area (Å²) in [7, 11) is -0.00360. The van der Waals surface area contributed by atoms with Crippen LogP contribution in [0.25, 0.3) is 10.8 Å². The van der Waals surface area contributed by atoms with Crippen molar-refractivity contribution >= 4 is 74.0 Å². The Morgan fingerprint density at radius 2 is 0.414 bits per heavy atom. The first kappa shape index (κ1) is 110. The molecule has 3 aliphatic rings. The van der Waals surface area contributed by atoms with Gasteiger partial charge in [0.2, 0.25) is 0 Å². The minimum absolute atomic E-state index is 0. The van der Waals surface area contributed by atoms with Gasteiger partial charge in [0.25, 0.3) is 0 Å². The maximum atomic E-state index is 4.94. The van der Waals surface area contributed by atoms with Crippen molar-refractivity contribution in [3.8, 4) is 343 Å². The zero-order valence-electron chi connectivity index (χ0n) is 52.7. The number of hydrogen-bond donors (Lipinski definition) is 0. The molecular formula is C92H71IMgOSi2Y2. The Balaban J connectivity index is -0.000000206. The maximum absolute atomic E-state index is 4.94. The summed E-state index contributed by atoms with van der Waals surface area (Å²) in [5, 5.41) is 3.22. The molecule has 468 valence electrons. The third kappa shape index (κ3) is 73.7. The molecule has 1 fully saturated rings. The molecule has 0 spiro atoms. The van der Waals surface area contributed by atoms with Crippen molar-refractivity contribution in [3.63, 3.8) is 0 Å². The van der Waals surface area contributed by atoms with Crippen molar-refractivity contribution in [1.29, 1.82) is 0 Å². The van der Waals surface area contributed by atoms with Gasteiger partial charge in [-0.05, 0) is 180 Å². The van der Waals surface area contributed by atoms with E-state index in [1.54, 1.807) is 46.9 Å². The van der Waals surface area contributed by atoms with Crippen molar-refractivity contribution in [2.24, 2.45) is 0 Å². The van der Waals surface area contributed by atoms with Gasteiger partial charge < -0.3 is 33.9 Å². The Labute approximate surface area is 686 Å². The molecule has 7 heteroatoms. The predicted molar refractivity (Wildman–Crippen MR) is 432 cm³/mol.